The van der Waals surface area contributed by atoms with Crippen molar-refractivity contribution in [3.63, 3.8) is 0 Å². The zero-order valence-electron chi connectivity index (χ0n) is 23.0. The van der Waals surface area contributed by atoms with Crippen LogP contribution < -0.4 is 16.0 Å². The monoisotopic (exact) mass is 678 g/mol. The summed E-state index contributed by atoms with van der Waals surface area (Å²) in [6.07, 6.45) is 1.47. The highest BCUT2D eigenvalue weighted by Gasteiger charge is 2.19. The maximum absolute atomic E-state index is 13.5. The molecule has 1 unspecified atom stereocenters. The van der Waals surface area contributed by atoms with Crippen LogP contribution in [0, 0.1) is 0 Å². The van der Waals surface area contributed by atoms with Crippen LogP contribution in [0.2, 0.25) is 10.0 Å². The molecule has 2 heterocycles. The number of anilines is 2. The SMILES string of the molecule is CC(Sc1cccc(NC(=O)/C(=C\c2cccc(Cl)c2Cl)NC(=O)c2ccccc2)c1)C(=O)Nc1nc(-c2cccs2)cs1. The molecule has 1 atom stereocenters. The first-order chi connectivity index (χ1) is 21.3. The Hall–Kier alpha value is -3.93. The lowest BCUT2D eigenvalue weighted by atomic mass is 10.1. The number of carbonyl (C=O) groups excluding carboxylic acids is 3. The van der Waals surface area contributed by atoms with E-state index in [1.807, 2.05) is 29.0 Å². The highest BCUT2D eigenvalue weighted by Crippen LogP contribution is 2.31. The van der Waals surface area contributed by atoms with Crippen molar-refractivity contribution in [3.05, 3.63) is 123 Å². The van der Waals surface area contributed by atoms with E-state index in [0.717, 1.165) is 15.5 Å². The molecular weight excluding hydrogens is 655 g/mol. The van der Waals surface area contributed by atoms with Gasteiger partial charge in [0.2, 0.25) is 5.91 Å². The first-order valence-electron chi connectivity index (χ1n) is 13.2. The summed E-state index contributed by atoms with van der Waals surface area (Å²) in [6, 6.07) is 24.6. The number of rotatable bonds is 10. The molecule has 3 N–H and O–H groups in total. The largest absolute Gasteiger partial charge is 0.321 e. The van der Waals surface area contributed by atoms with Crippen molar-refractivity contribution >= 4 is 92.3 Å². The smallest absolute Gasteiger partial charge is 0.272 e. The van der Waals surface area contributed by atoms with Crippen LogP contribution in [-0.2, 0) is 9.59 Å². The Morgan fingerprint density at radius 2 is 1.70 bits per heavy atom. The van der Waals surface area contributed by atoms with E-state index >= 15 is 0 Å². The second-order valence-electron chi connectivity index (χ2n) is 9.27. The van der Waals surface area contributed by atoms with Crippen LogP contribution in [0.25, 0.3) is 16.6 Å². The zero-order valence-corrected chi connectivity index (χ0v) is 27.0. The fourth-order valence-electron chi connectivity index (χ4n) is 3.91. The lowest BCUT2D eigenvalue weighted by molar-refractivity contribution is -0.115. The molecule has 3 aromatic carbocycles. The normalized spacial score (nSPS) is 11.9. The summed E-state index contributed by atoms with van der Waals surface area (Å²) in [7, 11) is 0. The van der Waals surface area contributed by atoms with Crippen molar-refractivity contribution < 1.29 is 14.4 Å². The second kappa shape index (κ2) is 14.7. The van der Waals surface area contributed by atoms with Crippen molar-refractivity contribution in [2.24, 2.45) is 0 Å². The number of carbonyl (C=O) groups is 3. The number of hydrogen-bond acceptors (Lipinski definition) is 7. The third-order valence-electron chi connectivity index (χ3n) is 6.09. The van der Waals surface area contributed by atoms with Gasteiger partial charge in [0.05, 0.1) is 25.9 Å². The number of hydrogen-bond donors (Lipinski definition) is 3. The molecular formula is C32H24Cl2N4O3S3. The molecule has 0 spiro atoms. The van der Waals surface area contributed by atoms with Crippen molar-refractivity contribution in [2.45, 2.75) is 17.1 Å². The number of thioether (sulfide) groups is 1. The molecule has 0 aliphatic carbocycles. The lowest BCUT2D eigenvalue weighted by Gasteiger charge is -2.14. The number of nitrogens with one attached hydrogen (secondary N) is 3. The average molecular weight is 680 g/mol. The standard InChI is InChI=1S/C32H24Cl2N4O3S3/c1-19(29(39)38-32-37-26(18-43-32)27-14-7-15-42-27)44-23-12-6-11-22(17-23)35-31(41)25(16-21-10-5-13-24(33)28(21)34)36-30(40)20-8-3-2-4-9-20/h2-19H,1H3,(H,35,41)(H,36,40)(H,37,38,39)/b25-16+. The summed E-state index contributed by atoms with van der Waals surface area (Å²) in [6.45, 7) is 1.80. The molecule has 44 heavy (non-hydrogen) atoms. The number of thiophene rings is 1. The van der Waals surface area contributed by atoms with Gasteiger partial charge in [0.1, 0.15) is 5.70 Å². The fourth-order valence-corrected chi connectivity index (χ4v) is 6.67. The van der Waals surface area contributed by atoms with Crippen molar-refractivity contribution in [2.75, 3.05) is 10.6 Å². The summed E-state index contributed by atoms with van der Waals surface area (Å²) >= 11 is 16.8. The molecule has 0 saturated carbocycles. The van der Waals surface area contributed by atoms with E-state index in [1.165, 1.54) is 29.2 Å². The molecule has 0 fully saturated rings. The Morgan fingerprint density at radius 3 is 2.48 bits per heavy atom. The van der Waals surface area contributed by atoms with Gasteiger partial charge in [-0.1, -0.05) is 65.7 Å². The summed E-state index contributed by atoms with van der Waals surface area (Å²) in [5.41, 5.74) is 2.12. The van der Waals surface area contributed by atoms with Gasteiger partial charge < -0.3 is 16.0 Å². The fraction of sp³-hybridized carbons (Fsp3) is 0.0625. The number of benzene rings is 3. The summed E-state index contributed by atoms with van der Waals surface area (Å²) in [5, 5.41) is 13.0. The second-order valence-corrected chi connectivity index (χ2v) is 13.3. The molecule has 5 rings (SSSR count). The lowest BCUT2D eigenvalue weighted by Crippen LogP contribution is -2.30. The van der Waals surface area contributed by atoms with Crippen molar-refractivity contribution in [3.8, 4) is 10.6 Å². The summed E-state index contributed by atoms with van der Waals surface area (Å²) in [4.78, 5) is 45.6. The van der Waals surface area contributed by atoms with Crippen LogP contribution >= 0.6 is 57.6 Å². The Morgan fingerprint density at radius 1 is 0.909 bits per heavy atom. The molecule has 12 heteroatoms. The molecule has 0 bridgehead atoms. The molecule has 0 aliphatic heterocycles. The number of thiazole rings is 1. The number of halogens is 2. The maximum atomic E-state index is 13.5. The molecule has 0 saturated heterocycles. The van der Waals surface area contributed by atoms with Gasteiger partial charge in [-0.05, 0) is 66.4 Å². The molecule has 0 radical (unpaired) electrons. The predicted molar refractivity (Wildman–Crippen MR) is 183 cm³/mol. The van der Waals surface area contributed by atoms with Gasteiger partial charge in [-0.3, -0.25) is 14.4 Å². The quantitative estimate of drug-likeness (QED) is 0.101. The Labute approximate surface area is 276 Å². The Bertz CT molecular complexity index is 1830. The minimum Gasteiger partial charge on any atom is -0.321 e. The molecule has 0 aliphatic rings. The molecule has 5 aromatic rings. The predicted octanol–water partition coefficient (Wildman–Crippen LogP) is 8.71. The van der Waals surface area contributed by atoms with E-state index in [-0.39, 0.29) is 16.6 Å². The van der Waals surface area contributed by atoms with E-state index in [9.17, 15) is 14.4 Å². The van der Waals surface area contributed by atoms with Gasteiger partial charge in [-0.2, -0.15) is 0 Å². The van der Waals surface area contributed by atoms with Gasteiger partial charge >= 0.3 is 0 Å². The van der Waals surface area contributed by atoms with Gasteiger partial charge in [0.25, 0.3) is 11.8 Å². The zero-order chi connectivity index (χ0) is 31.1. The van der Waals surface area contributed by atoms with Crippen LogP contribution in [0.5, 0.6) is 0 Å². The minimum absolute atomic E-state index is 0.0285. The number of amides is 3. The Kier molecular flexibility index (Phi) is 10.5. The minimum atomic E-state index is -0.566. The van der Waals surface area contributed by atoms with Gasteiger partial charge in [-0.15, -0.1) is 34.4 Å². The van der Waals surface area contributed by atoms with E-state index in [0.29, 0.717) is 27.0 Å². The first-order valence-corrected chi connectivity index (χ1v) is 16.6. The van der Waals surface area contributed by atoms with Crippen LogP contribution in [0.1, 0.15) is 22.8 Å². The summed E-state index contributed by atoms with van der Waals surface area (Å²) < 4.78 is 0. The van der Waals surface area contributed by atoms with Crippen LogP contribution in [0.3, 0.4) is 0 Å². The Balaban J connectivity index is 1.28. The van der Waals surface area contributed by atoms with Crippen molar-refractivity contribution in [1.82, 2.24) is 10.3 Å². The van der Waals surface area contributed by atoms with E-state index in [2.05, 4.69) is 20.9 Å². The van der Waals surface area contributed by atoms with Crippen LogP contribution in [0.4, 0.5) is 10.8 Å². The topological polar surface area (TPSA) is 100 Å². The third-order valence-corrected chi connectivity index (χ3v) is 9.67. The van der Waals surface area contributed by atoms with Crippen LogP contribution in [-0.4, -0.2) is 28.0 Å². The highest BCUT2D eigenvalue weighted by molar-refractivity contribution is 8.00. The van der Waals surface area contributed by atoms with Gasteiger partial charge in [-0.25, -0.2) is 4.98 Å². The van der Waals surface area contributed by atoms with Crippen molar-refractivity contribution in [1.29, 1.82) is 0 Å². The molecule has 3 amide bonds. The van der Waals surface area contributed by atoms with Gasteiger partial charge in [0.15, 0.2) is 5.13 Å². The van der Waals surface area contributed by atoms with Crippen LogP contribution in [0.15, 0.2) is 106 Å². The highest BCUT2D eigenvalue weighted by atomic mass is 35.5. The maximum Gasteiger partial charge on any atom is 0.272 e. The average Bonchev–Trinajstić information content (AvgIpc) is 3.72. The molecule has 7 nitrogen and oxygen atoms in total. The first kappa shape index (κ1) is 31.5. The van der Waals surface area contributed by atoms with E-state index in [1.54, 1.807) is 85.0 Å². The van der Waals surface area contributed by atoms with E-state index < -0.39 is 17.1 Å². The van der Waals surface area contributed by atoms with Gasteiger partial charge in [0, 0.05) is 21.5 Å². The summed E-state index contributed by atoms with van der Waals surface area (Å²) in [5.74, 6) is -1.22. The number of nitrogens with zero attached hydrogens (tertiary/aromatic N) is 1. The molecule has 2 aromatic heterocycles. The third kappa shape index (κ3) is 8.16. The number of aromatic nitrogens is 1. The van der Waals surface area contributed by atoms with E-state index in [4.69, 9.17) is 23.2 Å². The molecule has 222 valence electrons.